The van der Waals surface area contributed by atoms with E-state index < -0.39 is 18.8 Å². The van der Waals surface area contributed by atoms with Crippen LogP contribution in [-0.4, -0.2) is 49.0 Å². The predicted molar refractivity (Wildman–Crippen MR) is 74.0 cm³/mol. The van der Waals surface area contributed by atoms with E-state index in [1.54, 1.807) is 17.0 Å². The lowest BCUT2D eigenvalue weighted by Gasteiger charge is -2.22. The van der Waals surface area contributed by atoms with Crippen LogP contribution in [0.1, 0.15) is 23.9 Å². The van der Waals surface area contributed by atoms with Gasteiger partial charge in [0.25, 0.3) is 0 Å². The molecule has 2 atom stereocenters. The van der Waals surface area contributed by atoms with Gasteiger partial charge >= 0.3 is 6.18 Å². The van der Waals surface area contributed by atoms with Crippen molar-refractivity contribution in [1.29, 1.82) is 0 Å². The molecule has 130 valence electrons. The lowest BCUT2D eigenvalue weighted by atomic mass is 10.0. The summed E-state index contributed by atoms with van der Waals surface area (Å²) in [6.45, 7) is -0.888. The summed E-state index contributed by atoms with van der Waals surface area (Å²) in [4.78, 5) is 2.29. The minimum Gasteiger partial charge on any atom is -0.392 e. The van der Waals surface area contributed by atoms with E-state index in [2.05, 4.69) is 15.4 Å². The fourth-order valence-electron chi connectivity index (χ4n) is 2.86. The average Bonchev–Trinajstić information content (AvgIpc) is 3.04. The van der Waals surface area contributed by atoms with Gasteiger partial charge in [-0.15, -0.1) is 10.2 Å². The molecule has 0 unspecified atom stereocenters. The van der Waals surface area contributed by atoms with E-state index in [-0.39, 0.29) is 24.2 Å². The number of β-amino-alcohol motifs (C(OH)–C–C–N with tert-alkyl or cyclic N) is 1. The van der Waals surface area contributed by atoms with Gasteiger partial charge in [-0.05, 0) is 29.3 Å². The minimum atomic E-state index is -4.42. The second-order valence-electron chi connectivity index (χ2n) is 5.74. The lowest BCUT2D eigenvalue weighted by Crippen LogP contribution is -2.25. The van der Waals surface area contributed by atoms with Crippen LogP contribution in [0.3, 0.4) is 0 Å². The number of rotatable bonds is 4. The number of likely N-dealkylation sites (tertiary alicyclic amines) is 1. The van der Waals surface area contributed by atoms with Crippen molar-refractivity contribution in [3.8, 4) is 0 Å². The lowest BCUT2D eigenvalue weighted by molar-refractivity contribution is -0.145. The second kappa shape index (κ2) is 6.44. The van der Waals surface area contributed by atoms with Crippen molar-refractivity contribution in [2.75, 3.05) is 6.54 Å². The summed E-state index contributed by atoms with van der Waals surface area (Å²) in [7, 11) is 0. The molecule has 3 rings (SSSR count). The van der Waals surface area contributed by atoms with Gasteiger partial charge in [-0.2, -0.15) is 18.0 Å². The normalized spacial score (nSPS) is 22.2. The number of hydrogen-bond donors (Lipinski definition) is 1. The Kier molecular flexibility index (Phi) is 4.50. The Morgan fingerprint density at radius 2 is 2.08 bits per heavy atom. The molecule has 0 aliphatic carbocycles. The Labute approximate surface area is 134 Å². The van der Waals surface area contributed by atoms with Gasteiger partial charge in [-0.1, -0.05) is 12.1 Å². The van der Waals surface area contributed by atoms with Crippen molar-refractivity contribution >= 4 is 0 Å². The molecule has 2 aromatic rings. The first-order valence-electron chi connectivity index (χ1n) is 7.31. The van der Waals surface area contributed by atoms with Crippen LogP contribution in [-0.2, 0) is 13.1 Å². The third kappa shape index (κ3) is 4.06. The predicted octanol–water partition coefficient (Wildman–Crippen LogP) is 1.68. The summed E-state index contributed by atoms with van der Waals surface area (Å²) < 4.78 is 50.4. The Balaban J connectivity index is 1.73. The van der Waals surface area contributed by atoms with Gasteiger partial charge in [0.2, 0.25) is 0 Å². The highest BCUT2D eigenvalue weighted by atomic mass is 19.4. The van der Waals surface area contributed by atoms with Crippen molar-refractivity contribution < 1.29 is 22.7 Å². The third-order valence-electron chi connectivity index (χ3n) is 3.77. The van der Waals surface area contributed by atoms with Crippen LogP contribution in [0.5, 0.6) is 0 Å². The van der Waals surface area contributed by atoms with Crippen LogP contribution in [0, 0.1) is 5.82 Å². The highest BCUT2D eigenvalue weighted by Crippen LogP contribution is 2.33. The topological polar surface area (TPSA) is 67.1 Å². The largest absolute Gasteiger partial charge is 0.409 e. The first-order chi connectivity index (χ1) is 11.3. The smallest absolute Gasteiger partial charge is 0.392 e. The molecule has 2 heterocycles. The number of aromatic nitrogens is 4. The van der Waals surface area contributed by atoms with E-state index in [0.717, 1.165) is 0 Å². The summed E-state index contributed by atoms with van der Waals surface area (Å²) in [5.74, 6) is -0.266. The molecule has 1 aromatic heterocycles. The molecule has 10 heteroatoms. The van der Waals surface area contributed by atoms with E-state index in [9.17, 15) is 22.7 Å². The van der Waals surface area contributed by atoms with Gasteiger partial charge in [0, 0.05) is 12.6 Å². The van der Waals surface area contributed by atoms with Gasteiger partial charge in [0.15, 0.2) is 12.4 Å². The van der Waals surface area contributed by atoms with Crippen LogP contribution in [0.2, 0.25) is 0 Å². The second-order valence-corrected chi connectivity index (χ2v) is 5.74. The summed E-state index contributed by atoms with van der Waals surface area (Å²) in [6, 6.07) is 5.76. The summed E-state index contributed by atoms with van der Waals surface area (Å²) in [5, 5.41) is 20.6. The molecular weight excluding hydrogens is 330 g/mol. The van der Waals surface area contributed by atoms with Gasteiger partial charge in [0.1, 0.15) is 5.82 Å². The van der Waals surface area contributed by atoms with E-state index in [4.69, 9.17) is 0 Å². The quantitative estimate of drug-likeness (QED) is 0.854. The molecule has 1 saturated heterocycles. The minimum absolute atomic E-state index is 0.120. The van der Waals surface area contributed by atoms with Crippen molar-refractivity contribution in [2.45, 2.75) is 37.8 Å². The van der Waals surface area contributed by atoms with Crippen LogP contribution < -0.4 is 0 Å². The molecule has 0 amide bonds. The van der Waals surface area contributed by atoms with Crippen molar-refractivity contribution in [3.63, 3.8) is 0 Å². The monoisotopic (exact) mass is 345 g/mol. The molecule has 6 nitrogen and oxygen atoms in total. The number of halogens is 4. The number of benzene rings is 1. The first kappa shape index (κ1) is 16.8. The summed E-state index contributed by atoms with van der Waals surface area (Å²) >= 11 is 0. The maximum absolute atomic E-state index is 13.4. The third-order valence-corrected chi connectivity index (χ3v) is 3.77. The van der Waals surface area contributed by atoms with E-state index >= 15 is 0 Å². The summed E-state index contributed by atoms with van der Waals surface area (Å²) in [5.41, 5.74) is 0.689. The highest BCUT2D eigenvalue weighted by molar-refractivity contribution is 5.21. The van der Waals surface area contributed by atoms with Crippen LogP contribution >= 0.6 is 0 Å². The molecular formula is C14H15F4N5O. The number of tetrazole rings is 1. The zero-order chi connectivity index (χ0) is 17.3. The highest BCUT2D eigenvalue weighted by Gasteiger charge is 2.34. The van der Waals surface area contributed by atoms with Crippen molar-refractivity contribution in [2.24, 2.45) is 0 Å². The van der Waals surface area contributed by atoms with Crippen molar-refractivity contribution in [1.82, 2.24) is 25.1 Å². The fourth-order valence-corrected chi connectivity index (χ4v) is 2.86. The maximum atomic E-state index is 13.4. The first-order valence-corrected chi connectivity index (χ1v) is 7.31. The molecule has 0 bridgehead atoms. The number of alkyl halides is 3. The number of nitrogens with zero attached hydrogens (tertiary/aromatic N) is 5. The fraction of sp³-hybridized carbons (Fsp3) is 0.500. The Morgan fingerprint density at radius 1 is 1.29 bits per heavy atom. The Bertz CT molecular complexity index is 704. The Morgan fingerprint density at radius 3 is 2.79 bits per heavy atom. The van der Waals surface area contributed by atoms with Crippen LogP contribution in [0.25, 0.3) is 0 Å². The Hall–Kier alpha value is -2.07. The molecule has 1 aliphatic rings. The van der Waals surface area contributed by atoms with Gasteiger partial charge < -0.3 is 5.11 Å². The molecule has 0 saturated carbocycles. The molecule has 0 radical (unpaired) electrons. The van der Waals surface area contributed by atoms with Crippen LogP contribution in [0.4, 0.5) is 17.6 Å². The number of hydrogen-bond acceptors (Lipinski definition) is 5. The van der Waals surface area contributed by atoms with Gasteiger partial charge in [-0.25, -0.2) is 4.39 Å². The SMILES string of the molecule is O[C@H]1C[C@@H](c2cccc(F)c2)N(Cc2nnn(CC(F)(F)F)n2)C1. The summed E-state index contributed by atoms with van der Waals surface area (Å²) in [6.07, 6.45) is -4.63. The van der Waals surface area contributed by atoms with Gasteiger partial charge in [0.05, 0.1) is 12.6 Å². The molecule has 1 aromatic carbocycles. The molecule has 1 fully saturated rings. The van der Waals surface area contributed by atoms with E-state index in [0.29, 0.717) is 23.3 Å². The van der Waals surface area contributed by atoms with Crippen LogP contribution in [0.15, 0.2) is 24.3 Å². The zero-order valence-corrected chi connectivity index (χ0v) is 12.5. The van der Waals surface area contributed by atoms with E-state index in [1.807, 2.05) is 0 Å². The van der Waals surface area contributed by atoms with E-state index in [1.165, 1.54) is 12.1 Å². The average molecular weight is 345 g/mol. The zero-order valence-electron chi connectivity index (χ0n) is 12.5. The molecule has 24 heavy (non-hydrogen) atoms. The molecule has 0 spiro atoms. The number of aliphatic hydroxyl groups excluding tert-OH is 1. The molecule has 1 aliphatic heterocycles. The standard InChI is InChI=1S/C14H15F4N5O/c15-10-3-1-2-9(4-10)12-5-11(24)6-22(12)7-13-19-21-23(20-13)8-14(16,17)18/h1-4,11-12,24H,5-8H2/t11-,12-/m0/s1. The maximum Gasteiger partial charge on any atom is 0.409 e. The molecule has 1 N–H and O–H groups in total. The number of aliphatic hydroxyl groups is 1. The van der Waals surface area contributed by atoms with Gasteiger partial charge in [-0.3, -0.25) is 4.90 Å². The van der Waals surface area contributed by atoms with Crippen molar-refractivity contribution in [3.05, 3.63) is 41.5 Å².